The lowest BCUT2D eigenvalue weighted by Gasteiger charge is -2.31. The summed E-state index contributed by atoms with van der Waals surface area (Å²) in [7, 11) is 0. The Hall–Kier alpha value is -2.37. The lowest BCUT2D eigenvalue weighted by molar-refractivity contribution is 0.0812. The van der Waals surface area contributed by atoms with Crippen LogP contribution in [0.4, 0.5) is 4.79 Å². The van der Waals surface area contributed by atoms with Crippen LogP contribution >= 0.6 is 0 Å². The highest BCUT2D eigenvalue weighted by Gasteiger charge is 2.30. The van der Waals surface area contributed by atoms with E-state index in [0.29, 0.717) is 26.2 Å². The number of aliphatic hydroxyl groups excluding tert-OH is 1. The summed E-state index contributed by atoms with van der Waals surface area (Å²) < 4.78 is 0. The first-order valence-electron chi connectivity index (χ1n) is 10.1. The maximum absolute atomic E-state index is 12.7. The van der Waals surface area contributed by atoms with E-state index in [1.54, 1.807) is 4.90 Å². The number of urea groups is 1. The van der Waals surface area contributed by atoms with Crippen LogP contribution in [0.3, 0.4) is 0 Å². The lowest BCUT2D eigenvalue weighted by atomic mass is 10.00. The van der Waals surface area contributed by atoms with Crippen LogP contribution in [0, 0.1) is 6.92 Å². The average Bonchev–Trinajstić information content (AvgIpc) is 3.03. The number of aryl methyl sites for hydroxylation is 1. The minimum atomic E-state index is -0.520. The van der Waals surface area contributed by atoms with Crippen molar-refractivity contribution in [2.45, 2.75) is 32.5 Å². The topological polar surface area (TPSA) is 47.0 Å². The first kappa shape index (κ1) is 19.0. The number of hydrogen-bond acceptors (Lipinski definition) is 3. The van der Waals surface area contributed by atoms with E-state index in [1.807, 2.05) is 4.90 Å². The summed E-state index contributed by atoms with van der Waals surface area (Å²) in [4.78, 5) is 18.6. The van der Waals surface area contributed by atoms with E-state index in [1.165, 1.54) is 16.7 Å². The van der Waals surface area contributed by atoms with Gasteiger partial charge in [-0.3, -0.25) is 4.90 Å². The van der Waals surface area contributed by atoms with Gasteiger partial charge in [-0.25, -0.2) is 4.79 Å². The van der Waals surface area contributed by atoms with Gasteiger partial charge in [0.05, 0.1) is 6.10 Å². The van der Waals surface area contributed by atoms with Crippen molar-refractivity contribution in [3.05, 3.63) is 70.8 Å². The Morgan fingerprint density at radius 2 is 1.64 bits per heavy atom. The van der Waals surface area contributed by atoms with Gasteiger partial charge in [0.2, 0.25) is 0 Å². The Morgan fingerprint density at radius 1 is 0.929 bits per heavy atom. The summed E-state index contributed by atoms with van der Waals surface area (Å²) in [5.41, 5.74) is 5.13. The van der Waals surface area contributed by atoms with Gasteiger partial charge in [-0.05, 0) is 30.0 Å². The van der Waals surface area contributed by atoms with Crippen LogP contribution in [0.15, 0.2) is 48.5 Å². The number of aliphatic hydroxyl groups is 1. The first-order valence-corrected chi connectivity index (χ1v) is 10.1. The molecular weight excluding hydrogens is 350 g/mol. The molecule has 2 aliphatic heterocycles. The van der Waals surface area contributed by atoms with Crippen molar-refractivity contribution in [3.8, 4) is 0 Å². The third-order valence-electron chi connectivity index (χ3n) is 5.78. The number of fused-ring (bicyclic) bond motifs is 1. The van der Waals surface area contributed by atoms with Crippen LogP contribution in [0.1, 0.15) is 22.3 Å². The molecule has 1 saturated heterocycles. The molecule has 1 N–H and O–H groups in total. The van der Waals surface area contributed by atoms with Crippen molar-refractivity contribution >= 4 is 6.03 Å². The highest BCUT2D eigenvalue weighted by Crippen LogP contribution is 2.19. The molecule has 0 bridgehead atoms. The van der Waals surface area contributed by atoms with Gasteiger partial charge in [0.15, 0.2) is 0 Å². The number of nitrogens with zero attached hydrogens (tertiary/aromatic N) is 3. The van der Waals surface area contributed by atoms with Gasteiger partial charge in [0, 0.05) is 45.8 Å². The molecule has 0 aliphatic carbocycles. The Morgan fingerprint density at radius 3 is 2.43 bits per heavy atom. The SMILES string of the molecule is Cc1ccc(CN2CCN(CC(O)CN3CCc4ccccc4C3)C2=O)cc1. The van der Waals surface area contributed by atoms with Crippen molar-refractivity contribution in [2.75, 3.05) is 32.7 Å². The van der Waals surface area contributed by atoms with Crippen molar-refractivity contribution in [1.29, 1.82) is 0 Å². The van der Waals surface area contributed by atoms with E-state index in [4.69, 9.17) is 0 Å². The predicted molar refractivity (Wildman–Crippen MR) is 110 cm³/mol. The normalized spacial score (nSPS) is 18.4. The van der Waals surface area contributed by atoms with Crippen LogP contribution in [0.5, 0.6) is 0 Å². The molecule has 1 atom stereocenters. The van der Waals surface area contributed by atoms with Gasteiger partial charge < -0.3 is 14.9 Å². The van der Waals surface area contributed by atoms with E-state index in [9.17, 15) is 9.90 Å². The summed E-state index contributed by atoms with van der Waals surface area (Å²) in [6.07, 6.45) is 0.504. The van der Waals surface area contributed by atoms with Crippen LogP contribution in [0.25, 0.3) is 0 Å². The molecule has 0 saturated carbocycles. The zero-order valence-electron chi connectivity index (χ0n) is 16.6. The summed E-state index contributed by atoms with van der Waals surface area (Å²) in [6.45, 7) is 6.95. The molecule has 148 valence electrons. The first-order chi connectivity index (χ1) is 13.6. The second-order valence-corrected chi connectivity index (χ2v) is 8.04. The number of β-amino-alcohol motifs (C(OH)–C–C–N with tert-alkyl or cyclic N) is 1. The van der Waals surface area contributed by atoms with Gasteiger partial charge in [0.25, 0.3) is 0 Å². The zero-order valence-corrected chi connectivity index (χ0v) is 16.6. The van der Waals surface area contributed by atoms with Crippen molar-refractivity contribution in [3.63, 3.8) is 0 Å². The van der Waals surface area contributed by atoms with Gasteiger partial charge in [-0.15, -0.1) is 0 Å². The fourth-order valence-electron chi connectivity index (χ4n) is 4.18. The molecule has 5 heteroatoms. The Labute approximate surface area is 167 Å². The second-order valence-electron chi connectivity index (χ2n) is 8.04. The van der Waals surface area contributed by atoms with Gasteiger partial charge in [-0.1, -0.05) is 54.1 Å². The number of amides is 2. The fourth-order valence-corrected chi connectivity index (χ4v) is 4.18. The highest BCUT2D eigenvalue weighted by molar-refractivity contribution is 5.76. The second kappa shape index (κ2) is 8.33. The van der Waals surface area contributed by atoms with Crippen LogP contribution in [-0.2, 0) is 19.5 Å². The molecule has 1 fully saturated rings. The van der Waals surface area contributed by atoms with Crippen molar-refractivity contribution in [2.24, 2.45) is 0 Å². The summed E-state index contributed by atoms with van der Waals surface area (Å²) in [5.74, 6) is 0. The smallest absolute Gasteiger partial charge is 0.320 e. The molecule has 2 aromatic rings. The quantitative estimate of drug-likeness (QED) is 0.839. The maximum Gasteiger partial charge on any atom is 0.320 e. The third-order valence-corrected chi connectivity index (χ3v) is 5.78. The molecule has 0 radical (unpaired) electrons. The summed E-state index contributed by atoms with van der Waals surface area (Å²) in [5, 5.41) is 10.6. The molecule has 28 heavy (non-hydrogen) atoms. The van der Waals surface area contributed by atoms with Crippen LogP contribution < -0.4 is 0 Å². The molecular formula is C23H29N3O2. The number of benzene rings is 2. The molecule has 1 unspecified atom stereocenters. The number of carbonyl (C=O) groups is 1. The average molecular weight is 380 g/mol. The van der Waals surface area contributed by atoms with E-state index < -0.39 is 6.10 Å². The van der Waals surface area contributed by atoms with Gasteiger partial charge in [0.1, 0.15) is 0 Å². The zero-order chi connectivity index (χ0) is 19.5. The molecule has 2 aromatic carbocycles. The molecule has 2 heterocycles. The molecule has 4 rings (SSSR count). The number of hydrogen-bond donors (Lipinski definition) is 1. The highest BCUT2D eigenvalue weighted by atomic mass is 16.3. The Balaban J connectivity index is 1.27. The number of carbonyl (C=O) groups excluding carboxylic acids is 1. The predicted octanol–water partition coefficient (Wildman–Crippen LogP) is 2.65. The molecule has 0 spiro atoms. The van der Waals surface area contributed by atoms with Gasteiger partial charge >= 0.3 is 6.03 Å². The van der Waals surface area contributed by atoms with Crippen molar-refractivity contribution in [1.82, 2.24) is 14.7 Å². The monoisotopic (exact) mass is 379 g/mol. The Kier molecular flexibility index (Phi) is 5.64. The molecule has 5 nitrogen and oxygen atoms in total. The number of rotatable bonds is 6. The van der Waals surface area contributed by atoms with Crippen molar-refractivity contribution < 1.29 is 9.90 Å². The lowest BCUT2D eigenvalue weighted by Crippen LogP contribution is -2.43. The molecule has 2 aliphatic rings. The minimum Gasteiger partial charge on any atom is -0.390 e. The van der Waals surface area contributed by atoms with Crippen LogP contribution in [-0.4, -0.2) is 64.7 Å². The third kappa shape index (κ3) is 4.37. The molecule has 2 amide bonds. The molecule has 0 aromatic heterocycles. The van der Waals surface area contributed by atoms with E-state index in [0.717, 1.165) is 31.6 Å². The maximum atomic E-state index is 12.7. The summed E-state index contributed by atoms with van der Waals surface area (Å²) in [6, 6.07) is 16.9. The largest absolute Gasteiger partial charge is 0.390 e. The van der Waals surface area contributed by atoms with Crippen LogP contribution in [0.2, 0.25) is 0 Å². The van der Waals surface area contributed by atoms with E-state index in [-0.39, 0.29) is 6.03 Å². The van der Waals surface area contributed by atoms with E-state index >= 15 is 0 Å². The fraction of sp³-hybridized carbons (Fsp3) is 0.435. The Bertz CT molecular complexity index is 821. The van der Waals surface area contributed by atoms with Gasteiger partial charge in [-0.2, -0.15) is 0 Å². The minimum absolute atomic E-state index is 0.0311. The van der Waals surface area contributed by atoms with E-state index in [2.05, 4.69) is 60.4 Å². The summed E-state index contributed by atoms with van der Waals surface area (Å²) >= 11 is 0. The standard InChI is InChI=1S/C23H29N3O2/c1-18-6-8-19(9-7-18)14-25-12-13-26(23(25)28)17-22(27)16-24-11-10-20-4-2-3-5-21(20)15-24/h2-9,22,27H,10-17H2,1H3.